The summed E-state index contributed by atoms with van der Waals surface area (Å²) in [4.78, 5) is 31.0. The lowest BCUT2D eigenvalue weighted by Crippen LogP contribution is -2.38. The Kier molecular flexibility index (Phi) is 4.31. The molecule has 0 aromatic carbocycles. The van der Waals surface area contributed by atoms with E-state index in [2.05, 4.69) is 10.3 Å². The lowest BCUT2D eigenvalue weighted by molar-refractivity contribution is -0.134. The molecule has 2 aromatic rings. The Morgan fingerprint density at radius 2 is 2.33 bits per heavy atom. The highest BCUT2D eigenvalue weighted by Crippen LogP contribution is 2.28. The van der Waals surface area contributed by atoms with Gasteiger partial charge in [0.25, 0.3) is 0 Å². The standard InChI is InChI=1S/C14H15N3O2S2/c18-12-8-17(5-2-4-15-12)13(19)7-10-9-21-14(16-10)11-3-1-6-20-11/h1,3,6,9H,2,4-5,7-8H2,(H,15,18). The molecule has 5 nitrogen and oxygen atoms in total. The zero-order valence-corrected chi connectivity index (χ0v) is 13.0. The predicted molar refractivity (Wildman–Crippen MR) is 83.3 cm³/mol. The molecule has 0 bridgehead atoms. The summed E-state index contributed by atoms with van der Waals surface area (Å²) in [6, 6.07) is 4.01. The summed E-state index contributed by atoms with van der Waals surface area (Å²) in [5.41, 5.74) is 0.776. The first-order chi connectivity index (χ1) is 10.2. The van der Waals surface area contributed by atoms with Crippen molar-refractivity contribution in [3.05, 3.63) is 28.6 Å². The Balaban J connectivity index is 1.66. The molecule has 0 atom stereocenters. The number of carbonyl (C=O) groups excluding carboxylic acids is 2. The Hall–Kier alpha value is -1.73. The molecule has 3 rings (SSSR count). The van der Waals surface area contributed by atoms with Crippen LogP contribution in [-0.4, -0.2) is 41.3 Å². The van der Waals surface area contributed by atoms with Gasteiger partial charge in [-0.2, -0.15) is 0 Å². The van der Waals surface area contributed by atoms with Crippen LogP contribution in [-0.2, 0) is 16.0 Å². The van der Waals surface area contributed by atoms with E-state index in [1.807, 2.05) is 22.9 Å². The highest BCUT2D eigenvalue weighted by Gasteiger charge is 2.20. The fourth-order valence-corrected chi connectivity index (χ4v) is 3.82. The van der Waals surface area contributed by atoms with Crippen LogP contribution in [0.2, 0.25) is 0 Å². The fraction of sp³-hybridized carbons (Fsp3) is 0.357. The molecule has 1 fully saturated rings. The average Bonchev–Trinajstić information content (AvgIpc) is 3.08. The maximum Gasteiger partial charge on any atom is 0.239 e. The van der Waals surface area contributed by atoms with Gasteiger partial charge >= 0.3 is 0 Å². The molecule has 110 valence electrons. The van der Waals surface area contributed by atoms with E-state index >= 15 is 0 Å². The molecule has 21 heavy (non-hydrogen) atoms. The maximum atomic E-state index is 12.3. The minimum Gasteiger partial charge on any atom is -0.354 e. The van der Waals surface area contributed by atoms with E-state index in [0.717, 1.165) is 22.0 Å². The Labute approximate surface area is 130 Å². The summed E-state index contributed by atoms with van der Waals surface area (Å²) in [5, 5.41) is 7.65. The number of rotatable bonds is 3. The van der Waals surface area contributed by atoms with Gasteiger partial charge in [0.2, 0.25) is 11.8 Å². The van der Waals surface area contributed by atoms with Crippen molar-refractivity contribution in [1.82, 2.24) is 15.2 Å². The molecule has 1 N–H and O–H groups in total. The zero-order chi connectivity index (χ0) is 14.7. The molecule has 1 aliphatic rings. The molecular weight excluding hydrogens is 306 g/mol. The van der Waals surface area contributed by atoms with Crippen molar-refractivity contribution in [2.75, 3.05) is 19.6 Å². The molecule has 2 amide bonds. The SMILES string of the molecule is O=C1CN(C(=O)Cc2csc(-c3cccs3)n2)CCCN1. The molecule has 0 spiro atoms. The fourth-order valence-electron chi connectivity index (χ4n) is 2.19. The average molecular weight is 321 g/mol. The van der Waals surface area contributed by atoms with Crippen LogP contribution in [0, 0.1) is 0 Å². The van der Waals surface area contributed by atoms with E-state index in [9.17, 15) is 9.59 Å². The molecule has 2 aromatic heterocycles. The second kappa shape index (κ2) is 6.36. The number of carbonyl (C=O) groups is 2. The lowest BCUT2D eigenvalue weighted by atomic mass is 10.3. The number of nitrogens with zero attached hydrogens (tertiary/aromatic N) is 2. The number of amides is 2. The van der Waals surface area contributed by atoms with E-state index in [1.165, 1.54) is 0 Å². The van der Waals surface area contributed by atoms with Gasteiger partial charge in [-0.15, -0.1) is 22.7 Å². The Morgan fingerprint density at radius 3 is 3.14 bits per heavy atom. The summed E-state index contributed by atoms with van der Waals surface area (Å²) in [6.45, 7) is 1.42. The third kappa shape index (κ3) is 3.48. The second-order valence-electron chi connectivity index (χ2n) is 4.82. The Morgan fingerprint density at radius 1 is 1.43 bits per heavy atom. The number of aromatic nitrogens is 1. The summed E-state index contributed by atoms with van der Waals surface area (Å²) < 4.78 is 0. The largest absolute Gasteiger partial charge is 0.354 e. The number of thiophene rings is 1. The molecule has 0 unspecified atom stereocenters. The topological polar surface area (TPSA) is 62.3 Å². The number of nitrogens with one attached hydrogen (secondary N) is 1. The first kappa shape index (κ1) is 14.2. The second-order valence-corrected chi connectivity index (χ2v) is 6.62. The van der Waals surface area contributed by atoms with Crippen molar-refractivity contribution >= 4 is 34.5 Å². The summed E-state index contributed by atoms with van der Waals surface area (Å²) in [5.74, 6) is -0.117. The first-order valence-corrected chi connectivity index (χ1v) is 8.51. The highest BCUT2D eigenvalue weighted by molar-refractivity contribution is 7.20. The van der Waals surface area contributed by atoms with Crippen molar-refractivity contribution in [2.24, 2.45) is 0 Å². The molecule has 0 saturated carbocycles. The van der Waals surface area contributed by atoms with Crippen LogP contribution in [0.25, 0.3) is 9.88 Å². The summed E-state index contributed by atoms with van der Waals surface area (Å²) in [6.07, 6.45) is 1.06. The summed E-state index contributed by atoms with van der Waals surface area (Å²) in [7, 11) is 0. The molecular formula is C14H15N3O2S2. The minimum atomic E-state index is -0.0848. The molecule has 0 radical (unpaired) electrons. The smallest absolute Gasteiger partial charge is 0.239 e. The van der Waals surface area contributed by atoms with Crippen molar-refractivity contribution in [3.63, 3.8) is 0 Å². The van der Waals surface area contributed by atoms with Gasteiger partial charge in [-0.1, -0.05) is 6.07 Å². The molecule has 7 heteroatoms. The quantitative estimate of drug-likeness (QED) is 0.937. The third-order valence-corrected chi connectivity index (χ3v) is 5.16. The van der Waals surface area contributed by atoms with Gasteiger partial charge in [0.05, 0.1) is 23.5 Å². The van der Waals surface area contributed by atoms with Gasteiger partial charge in [0.15, 0.2) is 0 Å². The van der Waals surface area contributed by atoms with Gasteiger partial charge in [-0.25, -0.2) is 4.98 Å². The predicted octanol–water partition coefficient (Wildman–Crippen LogP) is 1.76. The van der Waals surface area contributed by atoms with E-state index in [4.69, 9.17) is 0 Å². The number of hydrogen-bond donors (Lipinski definition) is 1. The monoisotopic (exact) mass is 321 g/mol. The van der Waals surface area contributed by atoms with Crippen molar-refractivity contribution in [1.29, 1.82) is 0 Å². The molecule has 1 aliphatic heterocycles. The summed E-state index contributed by atoms with van der Waals surface area (Å²) >= 11 is 3.19. The van der Waals surface area contributed by atoms with Gasteiger partial charge in [0, 0.05) is 18.5 Å². The van der Waals surface area contributed by atoms with E-state index < -0.39 is 0 Å². The molecule has 1 saturated heterocycles. The van der Waals surface area contributed by atoms with Gasteiger partial charge in [0.1, 0.15) is 5.01 Å². The Bertz CT molecular complexity index is 636. The van der Waals surface area contributed by atoms with Crippen LogP contribution < -0.4 is 5.32 Å². The lowest BCUT2D eigenvalue weighted by Gasteiger charge is -2.18. The number of thiazole rings is 1. The van der Waals surface area contributed by atoms with Crippen molar-refractivity contribution < 1.29 is 9.59 Å². The van der Waals surface area contributed by atoms with E-state index in [1.54, 1.807) is 27.6 Å². The van der Waals surface area contributed by atoms with E-state index in [0.29, 0.717) is 13.1 Å². The zero-order valence-electron chi connectivity index (χ0n) is 11.4. The number of hydrogen-bond acceptors (Lipinski definition) is 5. The molecule has 0 aliphatic carbocycles. The first-order valence-electron chi connectivity index (χ1n) is 6.75. The highest BCUT2D eigenvalue weighted by atomic mass is 32.1. The maximum absolute atomic E-state index is 12.3. The molecule has 3 heterocycles. The minimum absolute atomic E-state index is 0.0323. The third-order valence-electron chi connectivity index (χ3n) is 3.23. The van der Waals surface area contributed by atoms with Crippen molar-refractivity contribution in [2.45, 2.75) is 12.8 Å². The van der Waals surface area contributed by atoms with Crippen LogP contribution in [0.4, 0.5) is 0 Å². The van der Waals surface area contributed by atoms with Crippen LogP contribution in [0.5, 0.6) is 0 Å². The van der Waals surface area contributed by atoms with Gasteiger partial charge in [-0.05, 0) is 17.9 Å². The van der Waals surface area contributed by atoms with Gasteiger partial charge < -0.3 is 10.2 Å². The van der Waals surface area contributed by atoms with Crippen LogP contribution in [0.15, 0.2) is 22.9 Å². The normalized spacial score (nSPS) is 15.6. The van der Waals surface area contributed by atoms with Gasteiger partial charge in [-0.3, -0.25) is 9.59 Å². The van der Waals surface area contributed by atoms with Crippen LogP contribution in [0.3, 0.4) is 0 Å². The van der Waals surface area contributed by atoms with Crippen LogP contribution >= 0.6 is 22.7 Å². The van der Waals surface area contributed by atoms with Crippen molar-refractivity contribution in [3.8, 4) is 9.88 Å². The van der Waals surface area contributed by atoms with E-state index in [-0.39, 0.29) is 24.8 Å². The van der Waals surface area contributed by atoms with Crippen LogP contribution in [0.1, 0.15) is 12.1 Å².